The quantitative estimate of drug-likeness (QED) is 0.672. The number of carbonyl (C=O) groups excluding carboxylic acids is 1. The lowest BCUT2D eigenvalue weighted by atomic mass is 9.84. The Hall–Kier alpha value is -2.81. The fourth-order valence-electron chi connectivity index (χ4n) is 4.27. The van der Waals surface area contributed by atoms with Crippen molar-refractivity contribution in [2.45, 2.75) is 44.6 Å². The zero-order chi connectivity index (χ0) is 21.3. The van der Waals surface area contributed by atoms with E-state index in [0.717, 1.165) is 42.7 Å². The van der Waals surface area contributed by atoms with Gasteiger partial charge in [0.15, 0.2) is 5.13 Å². The van der Waals surface area contributed by atoms with E-state index < -0.39 is 29.0 Å². The first-order chi connectivity index (χ1) is 14.5. The molecule has 1 aromatic carbocycles. The van der Waals surface area contributed by atoms with Crippen molar-refractivity contribution in [1.82, 2.24) is 14.1 Å². The average Bonchev–Trinajstić information content (AvgIpc) is 3.25. The number of aryl methyl sites for hydroxylation is 1. The molecule has 9 heteroatoms. The normalized spacial score (nSPS) is 15.9. The summed E-state index contributed by atoms with van der Waals surface area (Å²) in [5.41, 5.74) is -0.906. The van der Waals surface area contributed by atoms with Crippen LogP contribution in [0.15, 0.2) is 39.4 Å². The van der Waals surface area contributed by atoms with Gasteiger partial charge in [0.2, 0.25) is 5.91 Å². The molecule has 158 valence electrons. The van der Waals surface area contributed by atoms with Crippen LogP contribution in [0.5, 0.6) is 0 Å². The molecule has 0 aliphatic heterocycles. The number of anilines is 1. The molecule has 1 atom stereocenters. The Morgan fingerprint density at radius 3 is 2.77 bits per heavy atom. The molecule has 1 saturated carbocycles. The number of aromatic nitrogens is 3. The van der Waals surface area contributed by atoms with Gasteiger partial charge in [-0.3, -0.25) is 14.2 Å². The third-order valence-electron chi connectivity index (χ3n) is 5.82. The number of halogens is 1. The molecule has 30 heavy (non-hydrogen) atoms. The van der Waals surface area contributed by atoms with Crippen molar-refractivity contribution in [1.29, 1.82) is 0 Å². The van der Waals surface area contributed by atoms with E-state index in [1.54, 1.807) is 11.6 Å². The number of nitrogens with one attached hydrogen (secondary N) is 1. The highest BCUT2D eigenvalue weighted by atomic mass is 32.1. The van der Waals surface area contributed by atoms with E-state index in [4.69, 9.17) is 0 Å². The lowest BCUT2D eigenvalue weighted by Gasteiger charge is -2.27. The fourth-order valence-corrected chi connectivity index (χ4v) is 4.80. The number of hydrogen-bond donors (Lipinski definition) is 1. The van der Waals surface area contributed by atoms with Crippen LogP contribution < -0.4 is 16.6 Å². The first-order valence-electron chi connectivity index (χ1n) is 10.1. The summed E-state index contributed by atoms with van der Waals surface area (Å²) in [6, 6.07) is 2.74. The molecule has 1 aliphatic rings. The molecule has 3 aromatic rings. The second kappa shape index (κ2) is 8.51. The SMILES string of the molecule is Cn1c(=O)n(C(CC2CCCCC2)C(=O)Nc2nccs2)c(=O)c2cc(F)ccc21. The maximum atomic E-state index is 13.8. The number of rotatable bonds is 5. The highest BCUT2D eigenvalue weighted by Gasteiger charge is 2.30. The molecule has 0 bridgehead atoms. The third kappa shape index (κ3) is 3.94. The number of thiazole rings is 1. The lowest BCUT2D eigenvalue weighted by molar-refractivity contribution is -0.120. The molecule has 1 amide bonds. The Balaban J connectivity index is 1.83. The van der Waals surface area contributed by atoms with Gasteiger partial charge in [-0.2, -0.15) is 0 Å². The van der Waals surface area contributed by atoms with Crippen molar-refractivity contribution in [3.63, 3.8) is 0 Å². The van der Waals surface area contributed by atoms with Crippen molar-refractivity contribution in [2.24, 2.45) is 13.0 Å². The zero-order valence-electron chi connectivity index (χ0n) is 16.6. The minimum atomic E-state index is -0.990. The van der Waals surface area contributed by atoms with E-state index in [0.29, 0.717) is 17.1 Å². The van der Waals surface area contributed by atoms with Crippen molar-refractivity contribution < 1.29 is 9.18 Å². The van der Waals surface area contributed by atoms with Crippen molar-refractivity contribution >= 4 is 33.3 Å². The van der Waals surface area contributed by atoms with E-state index in [9.17, 15) is 18.8 Å². The Kier molecular flexibility index (Phi) is 5.80. The topological polar surface area (TPSA) is 86.0 Å². The Labute approximate surface area is 176 Å². The van der Waals surface area contributed by atoms with Gasteiger partial charge in [-0.05, 0) is 30.5 Å². The van der Waals surface area contributed by atoms with Crippen LogP contribution in [0.2, 0.25) is 0 Å². The molecular weight excluding hydrogens is 407 g/mol. The molecule has 1 aliphatic carbocycles. The van der Waals surface area contributed by atoms with Crippen molar-refractivity contribution in [2.75, 3.05) is 5.32 Å². The minimum Gasteiger partial charge on any atom is -0.300 e. The van der Waals surface area contributed by atoms with Crippen LogP contribution in [0.1, 0.15) is 44.6 Å². The summed E-state index contributed by atoms with van der Waals surface area (Å²) in [5, 5.41) is 4.95. The molecule has 1 unspecified atom stereocenters. The largest absolute Gasteiger partial charge is 0.331 e. The standard InChI is InChI=1S/C21H23FN4O3S/c1-25-16-8-7-14(22)12-15(16)19(28)26(21(25)29)17(11-13-5-3-2-4-6-13)18(27)24-20-23-9-10-30-20/h7-10,12-13,17H,2-6,11H2,1H3,(H,23,24,27). The van der Waals surface area contributed by atoms with Gasteiger partial charge in [0.1, 0.15) is 11.9 Å². The van der Waals surface area contributed by atoms with Gasteiger partial charge < -0.3 is 5.32 Å². The van der Waals surface area contributed by atoms with Gasteiger partial charge in [0.05, 0.1) is 10.9 Å². The second-order valence-corrected chi connectivity index (χ2v) is 8.65. The smallest absolute Gasteiger partial charge is 0.300 e. The molecule has 7 nitrogen and oxygen atoms in total. The maximum absolute atomic E-state index is 13.8. The molecule has 2 heterocycles. The second-order valence-electron chi connectivity index (χ2n) is 7.76. The molecular formula is C21H23FN4O3S. The summed E-state index contributed by atoms with van der Waals surface area (Å²) in [7, 11) is 1.52. The molecule has 4 rings (SSSR count). The Bertz CT molecular complexity index is 1180. The molecule has 2 aromatic heterocycles. The van der Waals surface area contributed by atoms with Crippen LogP contribution in [-0.2, 0) is 11.8 Å². The Morgan fingerprint density at radius 2 is 2.07 bits per heavy atom. The van der Waals surface area contributed by atoms with Crippen molar-refractivity contribution in [3.8, 4) is 0 Å². The van der Waals surface area contributed by atoms with Crippen molar-refractivity contribution in [3.05, 3.63) is 56.4 Å². The van der Waals surface area contributed by atoms with Crippen LogP contribution in [0.25, 0.3) is 10.9 Å². The minimum absolute atomic E-state index is 0.0767. The molecule has 0 spiro atoms. The predicted octanol–water partition coefficient (Wildman–Crippen LogP) is 3.45. The number of fused-ring (bicyclic) bond motifs is 1. The summed E-state index contributed by atoms with van der Waals surface area (Å²) >= 11 is 1.26. The summed E-state index contributed by atoms with van der Waals surface area (Å²) in [6.45, 7) is 0. The number of benzene rings is 1. The van der Waals surface area contributed by atoms with Crippen LogP contribution in [0, 0.1) is 11.7 Å². The molecule has 1 N–H and O–H groups in total. The van der Waals surface area contributed by atoms with Gasteiger partial charge in [0.25, 0.3) is 5.56 Å². The number of amides is 1. The van der Waals surface area contributed by atoms with E-state index in [2.05, 4.69) is 10.3 Å². The molecule has 0 radical (unpaired) electrons. The van der Waals surface area contributed by atoms with Crippen LogP contribution in [-0.4, -0.2) is 20.0 Å². The average molecular weight is 431 g/mol. The summed E-state index contributed by atoms with van der Waals surface area (Å²) in [4.78, 5) is 43.6. The van der Waals surface area contributed by atoms with E-state index in [1.807, 2.05) is 0 Å². The third-order valence-corrected chi connectivity index (χ3v) is 6.51. The number of carbonyl (C=O) groups is 1. The number of hydrogen-bond acceptors (Lipinski definition) is 5. The highest BCUT2D eigenvalue weighted by Crippen LogP contribution is 2.31. The monoisotopic (exact) mass is 430 g/mol. The van der Waals surface area contributed by atoms with Gasteiger partial charge in [-0.25, -0.2) is 18.7 Å². The van der Waals surface area contributed by atoms with Gasteiger partial charge in [-0.15, -0.1) is 11.3 Å². The van der Waals surface area contributed by atoms with Gasteiger partial charge in [-0.1, -0.05) is 32.1 Å². The maximum Gasteiger partial charge on any atom is 0.331 e. The summed E-state index contributed by atoms with van der Waals surface area (Å²) in [5.74, 6) is -0.781. The lowest BCUT2D eigenvalue weighted by Crippen LogP contribution is -2.45. The van der Waals surface area contributed by atoms with Crippen LogP contribution in [0.4, 0.5) is 9.52 Å². The fraction of sp³-hybridized carbons (Fsp3) is 0.429. The van der Waals surface area contributed by atoms with E-state index in [-0.39, 0.29) is 11.3 Å². The summed E-state index contributed by atoms with van der Waals surface area (Å²) < 4.78 is 16.1. The summed E-state index contributed by atoms with van der Waals surface area (Å²) in [6.07, 6.45) is 7.16. The Morgan fingerprint density at radius 1 is 1.30 bits per heavy atom. The van der Waals surface area contributed by atoms with Crippen LogP contribution in [0.3, 0.4) is 0 Å². The first kappa shape index (κ1) is 20.5. The predicted molar refractivity (Wildman–Crippen MR) is 114 cm³/mol. The van der Waals surface area contributed by atoms with Crippen LogP contribution >= 0.6 is 11.3 Å². The number of nitrogens with zero attached hydrogens (tertiary/aromatic N) is 3. The van der Waals surface area contributed by atoms with Gasteiger partial charge in [0, 0.05) is 18.6 Å². The zero-order valence-corrected chi connectivity index (χ0v) is 17.5. The molecule has 1 fully saturated rings. The highest BCUT2D eigenvalue weighted by molar-refractivity contribution is 7.13. The van der Waals surface area contributed by atoms with Gasteiger partial charge >= 0.3 is 5.69 Å². The van der Waals surface area contributed by atoms with E-state index >= 15 is 0 Å². The first-order valence-corrected chi connectivity index (χ1v) is 10.9. The molecule has 0 saturated heterocycles. The van der Waals surface area contributed by atoms with E-state index in [1.165, 1.54) is 35.1 Å².